The van der Waals surface area contributed by atoms with E-state index in [0.717, 1.165) is 12.5 Å². The SMILES string of the molecule is CCNC(=NCCN1C(=O)CNC1=O)NC1CCCCC1.I. The van der Waals surface area contributed by atoms with E-state index in [9.17, 15) is 9.59 Å². The van der Waals surface area contributed by atoms with Crippen LogP contribution in [0.1, 0.15) is 39.0 Å². The Morgan fingerprint density at radius 1 is 1.32 bits per heavy atom. The summed E-state index contributed by atoms with van der Waals surface area (Å²) in [4.78, 5) is 28.6. The summed E-state index contributed by atoms with van der Waals surface area (Å²) in [5.41, 5.74) is 0. The van der Waals surface area contributed by atoms with Gasteiger partial charge in [0.05, 0.1) is 19.6 Å². The second-order valence-electron chi connectivity index (χ2n) is 5.44. The van der Waals surface area contributed by atoms with Gasteiger partial charge < -0.3 is 16.0 Å². The summed E-state index contributed by atoms with van der Waals surface area (Å²) in [6.45, 7) is 3.66. The number of carbonyl (C=O) groups is 2. The van der Waals surface area contributed by atoms with Crippen molar-refractivity contribution in [3.63, 3.8) is 0 Å². The molecule has 0 spiro atoms. The Morgan fingerprint density at radius 2 is 2.05 bits per heavy atom. The van der Waals surface area contributed by atoms with Crippen LogP contribution >= 0.6 is 24.0 Å². The molecule has 0 aromatic carbocycles. The summed E-state index contributed by atoms with van der Waals surface area (Å²) in [6, 6.07) is 0.161. The lowest BCUT2D eigenvalue weighted by molar-refractivity contribution is -0.124. The van der Waals surface area contributed by atoms with Gasteiger partial charge in [0.2, 0.25) is 5.91 Å². The second kappa shape index (κ2) is 9.86. The molecule has 0 atom stereocenters. The van der Waals surface area contributed by atoms with Gasteiger partial charge in [-0.15, -0.1) is 24.0 Å². The number of urea groups is 1. The molecule has 2 rings (SSSR count). The molecule has 2 aliphatic rings. The maximum atomic E-state index is 11.5. The minimum Gasteiger partial charge on any atom is -0.357 e. The number of hydrogen-bond donors (Lipinski definition) is 3. The molecular formula is C14H26IN5O2. The van der Waals surface area contributed by atoms with Gasteiger partial charge in [-0.05, 0) is 19.8 Å². The van der Waals surface area contributed by atoms with Gasteiger partial charge in [-0.1, -0.05) is 19.3 Å². The summed E-state index contributed by atoms with van der Waals surface area (Å²) in [5, 5.41) is 9.16. The van der Waals surface area contributed by atoms with Crippen molar-refractivity contribution in [1.29, 1.82) is 0 Å². The lowest BCUT2D eigenvalue weighted by atomic mass is 9.96. The quantitative estimate of drug-likeness (QED) is 0.267. The van der Waals surface area contributed by atoms with Gasteiger partial charge in [-0.3, -0.25) is 14.7 Å². The maximum Gasteiger partial charge on any atom is 0.324 e. The molecule has 0 radical (unpaired) electrons. The van der Waals surface area contributed by atoms with Gasteiger partial charge in [0.1, 0.15) is 0 Å². The molecule has 1 heterocycles. The summed E-state index contributed by atoms with van der Waals surface area (Å²) >= 11 is 0. The average molecular weight is 423 g/mol. The lowest BCUT2D eigenvalue weighted by Gasteiger charge is -2.25. The number of nitrogens with zero attached hydrogens (tertiary/aromatic N) is 2. The molecule has 0 unspecified atom stereocenters. The number of nitrogens with one attached hydrogen (secondary N) is 3. The summed E-state index contributed by atoms with van der Waals surface area (Å²) < 4.78 is 0. The number of imide groups is 1. The standard InChI is InChI=1S/C14H25N5O2.HI/c1-2-15-13(18-11-6-4-3-5-7-11)16-8-9-19-12(20)10-17-14(19)21;/h11H,2-10H2,1H3,(H,17,21)(H2,15,16,18);1H. The number of hydrogen-bond acceptors (Lipinski definition) is 3. The van der Waals surface area contributed by atoms with Gasteiger partial charge in [0.15, 0.2) is 5.96 Å². The molecule has 8 heteroatoms. The Morgan fingerprint density at radius 3 is 2.64 bits per heavy atom. The van der Waals surface area contributed by atoms with E-state index < -0.39 is 0 Å². The number of amides is 3. The van der Waals surface area contributed by atoms with Crippen LogP contribution < -0.4 is 16.0 Å². The van der Waals surface area contributed by atoms with Gasteiger partial charge in [0, 0.05) is 12.6 Å². The molecular weight excluding hydrogens is 397 g/mol. The van der Waals surface area contributed by atoms with E-state index in [4.69, 9.17) is 0 Å². The molecule has 0 bridgehead atoms. The first-order valence-corrected chi connectivity index (χ1v) is 7.83. The minimum absolute atomic E-state index is 0. The first-order chi connectivity index (χ1) is 10.2. The van der Waals surface area contributed by atoms with Crippen LogP contribution in [-0.4, -0.2) is 55.0 Å². The monoisotopic (exact) mass is 423 g/mol. The predicted octanol–water partition coefficient (Wildman–Crippen LogP) is 1.04. The number of halogens is 1. The van der Waals surface area contributed by atoms with Crippen molar-refractivity contribution in [3.05, 3.63) is 0 Å². The van der Waals surface area contributed by atoms with Crippen molar-refractivity contribution >= 4 is 41.9 Å². The molecule has 126 valence electrons. The third-order valence-corrected chi connectivity index (χ3v) is 3.82. The second-order valence-corrected chi connectivity index (χ2v) is 5.44. The number of carbonyl (C=O) groups excluding carboxylic acids is 2. The largest absolute Gasteiger partial charge is 0.357 e. The van der Waals surface area contributed by atoms with Crippen LogP contribution in [0.3, 0.4) is 0 Å². The fraction of sp³-hybridized carbons (Fsp3) is 0.786. The van der Waals surface area contributed by atoms with E-state index in [1.165, 1.54) is 37.0 Å². The molecule has 0 aromatic heterocycles. The van der Waals surface area contributed by atoms with Gasteiger partial charge in [0.25, 0.3) is 0 Å². The van der Waals surface area contributed by atoms with Crippen molar-refractivity contribution in [2.24, 2.45) is 4.99 Å². The summed E-state index contributed by atoms with van der Waals surface area (Å²) in [5.74, 6) is 0.594. The molecule has 1 saturated heterocycles. The predicted molar refractivity (Wildman–Crippen MR) is 96.5 cm³/mol. The minimum atomic E-state index is -0.319. The van der Waals surface area contributed by atoms with Crippen LogP contribution in [0, 0.1) is 0 Å². The molecule has 22 heavy (non-hydrogen) atoms. The highest BCUT2D eigenvalue weighted by atomic mass is 127. The molecule has 7 nitrogen and oxygen atoms in total. The van der Waals surface area contributed by atoms with E-state index in [2.05, 4.69) is 20.9 Å². The summed E-state index contributed by atoms with van der Waals surface area (Å²) in [6.07, 6.45) is 6.20. The van der Waals surface area contributed by atoms with Crippen LogP contribution in [0.25, 0.3) is 0 Å². The molecule has 1 aliphatic heterocycles. The maximum absolute atomic E-state index is 11.5. The van der Waals surface area contributed by atoms with Gasteiger partial charge in [-0.25, -0.2) is 4.79 Å². The molecule has 1 aliphatic carbocycles. The zero-order valence-corrected chi connectivity index (χ0v) is 15.4. The van der Waals surface area contributed by atoms with Gasteiger partial charge in [-0.2, -0.15) is 0 Å². The Kier molecular flexibility index (Phi) is 8.51. The molecule has 3 N–H and O–H groups in total. The van der Waals surface area contributed by atoms with Crippen LogP contribution in [0.2, 0.25) is 0 Å². The van der Waals surface area contributed by atoms with Gasteiger partial charge >= 0.3 is 6.03 Å². The fourth-order valence-corrected chi connectivity index (χ4v) is 2.70. The Bertz CT molecular complexity index is 394. The van der Waals surface area contributed by atoms with Crippen molar-refractivity contribution in [3.8, 4) is 0 Å². The van der Waals surface area contributed by atoms with E-state index >= 15 is 0 Å². The molecule has 3 amide bonds. The highest BCUT2D eigenvalue weighted by Crippen LogP contribution is 2.17. The summed E-state index contributed by atoms with van der Waals surface area (Å²) in [7, 11) is 0. The van der Waals surface area contributed by atoms with Crippen LogP contribution in [0.15, 0.2) is 4.99 Å². The molecule has 1 saturated carbocycles. The van der Waals surface area contributed by atoms with Crippen LogP contribution in [0.5, 0.6) is 0 Å². The zero-order chi connectivity index (χ0) is 15.1. The van der Waals surface area contributed by atoms with E-state index in [1.54, 1.807) is 0 Å². The highest BCUT2D eigenvalue weighted by molar-refractivity contribution is 14.0. The van der Waals surface area contributed by atoms with Crippen molar-refractivity contribution in [2.45, 2.75) is 45.1 Å². The fourth-order valence-electron chi connectivity index (χ4n) is 2.70. The zero-order valence-electron chi connectivity index (χ0n) is 13.1. The van der Waals surface area contributed by atoms with Crippen LogP contribution in [0.4, 0.5) is 4.79 Å². The van der Waals surface area contributed by atoms with E-state index in [0.29, 0.717) is 19.1 Å². The Labute approximate surface area is 148 Å². The normalized spacial score (nSPS) is 19.7. The molecule has 2 fully saturated rings. The van der Waals surface area contributed by atoms with E-state index in [1.807, 2.05) is 6.92 Å². The average Bonchev–Trinajstić information content (AvgIpc) is 2.80. The smallest absolute Gasteiger partial charge is 0.324 e. The lowest BCUT2D eigenvalue weighted by Crippen LogP contribution is -2.44. The van der Waals surface area contributed by atoms with Crippen molar-refractivity contribution in [2.75, 3.05) is 26.2 Å². The highest BCUT2D eigenvalue weighted by Gasteiger charge is 2.27. The van der Waals surface area contributed by atoms with Crippen molar-refractivity contribution in [1.82, 2.24) is 20.9 Å². The Hall–Kier alpha value is -1.06. The van der Waals surface area contributed by atoms with Crippen molar-refractivity contribution < 1.29 is 9.59 Å². The molecule has 0 aromatic rings. The number of aliphatic imine (C=N–C) groups is 1. The van der Waals surface area contributed by atoms with E-state index in [-0.39, 0.29) is 42.5 Å². The Balaban J connectivity index is 0.00000242. The first kappa shape index (κ1) is 19.0. The number of guanidine groups is 1. The third kappa shape index (κ3) is 5.62. The first-order valence-electron chi connectivity index (χ1n) is 7.83. The van der Waals surface area contributed by atoms with Crippen LogP contribution in [-0.2, 0) is 4.79 Å². The third-order valence-electron chi connectivity index (χ3n) is 3.82. The topological polar surface area (TPSA) is 85.8 Å². The number of rotatable bonds is 5.